The monoisotopic (exact) mass is 242 g/mol. The average Bonchev–Trinajstić information content (AvgIpc) is 2.69. The zero-order chi connectivity index (χ0) is 12.7. The van der Waals surface area contributed by atoms with Crippen molar-refractivity contribution in [3.8, 4) is 0 Å². The molecule has 0 spiro atoms. The molecule has 0 aliphatic carbocycles. The summed E-state index contributed by atoms with van der Waals surface area (Å²) in [6.45, 7) is 5.88. The van der Waals surface area contributed by atoms with E-state index in [9.17, 15) is 9.59 Å². The van der Waals surface area contributed by atoms with Gasteiger partial charge in [0.25, 0.3) is 0 Å². The minimum absolute atomic E-state index is 0.0203. The lowest BCUT2D eigenvalue weighted by molar-refractivity contribution is -0.126. The average molecular weight is 242 g/mol. The zero-order valence-corrected chi connectivity index (χ0v) is 10.6. The summed E-state index contributed by atoms with van der Waals surface area (Å²) in [6.07, 6.45) is 2.44. The standard InChI is InChI=1S/C12H22N2O3/c1-9(2)17-6-4-3-5-13-12(16)10-7-11(15)14-8-10/h9-10H,3-8H2,1-2H3,(H,13,16)(H,14,15). The van der Waals surface area contributed by atoms with Crippen molar-refractivity contribution in [2.75, 3.05) is 19.7 Å². The van der Waals surface area contributed by atoms with E-state index in [-0.39, 0.29) is 23.8 Å². The van der Waals surface area contributed by atoms with Crippen LogP contribution in [-0.4, -0.2) is 37.6 Å². The molecule has 1 saturated heterocycles. The molecule has 0 radical (unpaired) electrons. The first kappa shape index (κ1) is 14.0. The Morgan fingerprint density at radius 1 is 1.53 bits per heavy atom. The predicted octanol–water partition coefficient (Wildman–Crippen LogP) is 0.444. The number of hydrogen-bond acceptors (Lipinski definition) is 3. The van der Waals surface area contributed by atoms with Gasteiger partial charge in [0.05, 0.1) is 12.0 Å². The number of rotatable bonds is 7. The Bertz CT molecular complexity index is 266. The highest BCUT2D eigenvalue weighted by Gasteiger charge is 2.27. The molecule has 2 N–H and O–H groups in total. The van der Waals surface area contributed by atoms with Crippen molar-refractivity contribution in [2.45, 2.75) is 39.2 Å². The molecule has 1 heterocycles. The third-order valence-corrected chi connectivity index (χ3v) is 2.67. The van der Waals surface area contributed by atoms with Gasteiger partial charge >= 0.3 is 0 Å². The van der Waals surface area contributed by atoms with Gasteiger partial charge in [0.2, 0.25) is 11.8 Å². The molecular formula is C12H22N2O3. The number of hydrogen-bond donors (Lipinski definition) is 2. The fourth-order valence-electron chi connectivity index (χ4n) is 1.69. The van der Waals surface area contributed by atoms with E-state index in [2.05, 4.69) is 10.6 Å². The van der Waals surface area contributed by atoms with Crippen LogP contribution in [0.15, 0.2) is 0 Å². The molecule has 0 aromatic heterocycles. The topological polar surface area (TPSA) is 67.4 Å². The molecule has 1 aliphatic heterocycles. The number of carbonyl (C=O) groups excluding carboxylic acids is 2. The van der Waals surface area contributed by atoms with E-state index in [0.29, 0.717) is 19.5 Å². The lowest BCUT2D eigenvalue weighted by Gasteiger charge is -2.10. The van der Waals surface area contributed by atoms with Crippen molar-refractivity contribution in [1.29, 1.82) is 0 Å². The zero-order valence-electron chi connectivity index (χ0n) is 10.6. The highest BCUT2D eigenvalue weighted by molar-refractivity contribution is 5.89. The Morgan fingerprint density at radius 2 is 2.29 bits per heavy atom. The van der Waals surface area contributed by atoms with Crippen molar-refractivity contribution in [3.63, 3.8) is 0 Å². The molecular weight excluding hydrogens is 220 g/mol. The second-order valence-corrected chi connectivity index (χ2v) is 4.62. The summed E-state index contributed by atoms with van der Waals surface area (Å²) in [6, 6.07) is 0. The fraction of sp³-hybridized carbons (Fsp3) is 0.833. The Morgan fingerprint density at radius 3 is 2.88 bits per heavy atom. The van der Waals surface area contributed by atoms with Crippen molar-refractivity contribution in [3.05, 3.63) is 0 Å². The van der Waals surface area contributed by atoms with E-state index < -0.39 is 0 Å². The SMILES string of the molecule is CC(C)OCCCCNC(=O)C1CNC(=O)C1. The van der Waals surface area contributed by atoms with Crippen LogP contribution in [0.5, 0.6) is 0 Å². The van der Waals surface area contributed by atoms with Crippen LogP contribution in [0.2, 0.25) is 0 Å². The van der Waals surface area contributed by atoms with Gasteiger partial charge in [0.15, 0.2) is 0 Å². The normalized spacial score (nSPS) is 19.5. The quantitative estimate of drug-likeness (QED) is 0.637. The molecule has 2 amide bonds. The smallest absolute Gasteiger partial charge is 0.225 e. The van der Waals surface area contributed by atoms with Crippen LogP contribution in [0.1, 0.15) is 33.1 Å². The Hall–Kier alpha value is -1.10. The number of carbonyl (C=O) groups is 2. The maximum absolute atomic E-state index is 11.6. The molecule has 5 heteroatoms. The van der Waals surface area contributed by atoms with E-state index >= 15 is 0 Å². The second-order valence-electron chi connectivity index (χ2n) is 4.62. The van der Waals surface area contributed by atoms with Crippen molar-refractivity contribution in [2.24, 2.45) is 5.92 Å². The molecule has 0 aromatic rings. The summed E-state index contributed by atoms with van der Waals surface area (Å²) < 4.78 is 5.40. The number of nitrogens with one attached hydrogen (secondary N) is 2. The van der Waals surface area contributed by atoms with Crippen LogP contribution >= 0.6 is 0 Å². The largest absolute Gasteiger partial charge is 0.379 e. The maximum atomic E-state index is 11.6. The molecule has 1 aliphatic rings. The van der Waals surface area contributed by atoms with Gasteiger partial charge in [-0.25, -0.2) is 0 Å². The molecule has 1 rings (SSSR count). The second kappa shape index (κ2) is 7.27. The van der Waals surface area contributed by atoms with Crippen LogP contribution in [0.4, 0.5) is 0 Å². The summed E-state index contributed by atoms with van der Waals surface area (Å²) >= 11 is 0. The number of unbranched alkanes of at least 4 members (excludes halogenated alkanes) is 1. The highest BCUT2D eigenvalue weighted by atomic mass is 16.5. The third-order valence-electron chi connectivity index (χ3n) is 2.67. The van der Waals surface area contributed by atoms with Gasteiger partial charge in [-0.05, 0) is 26.7 Å². The summed E-state index contributed by atoms with van der Waals surface area (Å²) in [5.41, 5.74) is 0. The van der Waals surface area contributed by atoms with Crippen LogP contribution < -0.4 is 10.6 Å². The molecule has 98 valence electrons. The molecule has 0 bridgehead atoms. The van der Waals surface area contributed by atoms with Crippen molar-refractivity contribution in [1.82, 2.24) is 10.6 Å². The van der Waals surface area contributed by atoms with Crippen LogP contribution in [0.25, 0.3) is 0 Å². The first-order chi connectivity index (χ1) is 8.09. The van der Waals surface area contributed by atoms with E-state index in [0.717, 1.165) is 19.4 Å². The van der Waals surface area contributed by atoms with Gasteiger partial charge in [-0.1, -0.05) is 0 Å². The molecule has 1 atom stereocenters. The van der Waals surface area contributed by atoms with Crippen LogP contribution in [-0.2, 0) is 14.3 Å². The van der Waals surface area contributed by atoms with E-state index in [1.807, 2.05) is 13.8 Å². The van der Waals surface area contributed by atoms with Gasteiger partial charge in [-0.15, -0.1) is 0 Å². The lowest BCUT2D eigenvalue weighted by atomic mass is 10.1. The lowest BCUT2D eigenvalue weighted by Crippen LogP contribution is -2.32. The summed E-state index contributed by atoms with van der Waals surface area (Å²) in [7, 11) is 0. The van der Waals surface area contributed by atoms with Crippen molar-refractivity contribution < 1.29 is 14.3 Å². The molecule has 0 aromatic carbocycles. The summed E-state index contributed by atoms with van der Waals surface area (Å²) in [5, 5.41) is 5.50. The molecule has 5 nitrogen and oxygen atoms in total. The number of amides is 2. The minimum atomic E-state index is -0.186. The Kier molecular flexibility index (Phi) is 5.97. The predicted molar refractivity (Wildman–Crippen MR) is 64.4 cm³/mol. The summed E-state index contributed by atoms with van der Waals surface area (Å²) in [4.78, 5) is 22.5. The Labute approximate surface area is 102 Å². The summed E-state index contributed by atoms with van der Waals surface area (Å²) in [5.74, 6) is -0.238. The first-order valence-corrected chi connectivity index (χ1v) is 6.25. The van der Waals surface area contributed by atoms with Crippen LogP contribution in [0, 0.1) is 5.92 Å². The molecule has 17 heavy (non-hydrogen) atoms. The van der Waals surface area contributed by atoms with Gasteiger partial charge in [-0.3, -0.25) is 9.59 Å². The van der Waals surface area contributed by atoms with Gasteiger partial charge in [0.1, 0.15) is 0 Å². The minimum Gasteiger partial charge on any atom is -0.379 e. The molecule has 1 unspecified atom stereocenters. The van der Waals surface area contributed by atoms with Gasteiger partial charge in [-0.2, -0.15) is 0 Å². The van der Waals surface area contributed by atoms with Gasteiger partial charge in [0, 0.05) is 26.1 Å². The van der Waals surface area contributed by atoms with Crippen molar-refractivity contribution >= 4 is 11.8 Å². The Balaban J connectivity index is 1.99. The molecule has 1 fully saturated rings. The third kappa shape index (κ3) is 5.68. The first-order valence-electron chi connectivity index (χ1n) is 6.25. The van der Waals surface area contributed by atoms with E-state index in [1.165, 1.54) is 0 Å². The number of ether oxygens (including phenoxy) is 1. The van der Waals surface area contributed by atoms with E-state index in [1.54, 1.807) is 0 Å². The highest BCUT2D eigenvalue weighted by Crippen LogP contribution is 2.08. The van der Waals surface area contributed by atoms with Crippen LogP contribution in [0.3, 0.4) is 0 Å². The maximum Gasteiger partial charge on any atom is 0.225 e. The fourth-order valence-corrected chi connectivity index (χ4v) is 1.69. The van der Waals surface area contributed by atoms with E-state index in [4.69, 9.17) is 4.74 Å². The van der Waals surface area contributed by atoms with Gasteiger partial charge < -0.3 is 15.4 Å². The molecule has 0 saturated carbocycles.